The minimum atomic E-state index is -3.99. The van der Waals surface area contributed by atoms with Gasteiger partial charge in [-0.25, -0.2) is 13.2 Å². The summed E-state index contributed by atoms with van der Waals surface area (Å²) >= 11 is 5.40. The van der Waals surface area contributed by atoms with Crippen molar-refractivity contribution in [2.75, 3.05) is 38.6 Å². The SMILES string of the molecule is COC(=O)c1c(C)oc(C)c1S(=O)(=O)N1CCN(C(=S)Nc2ccc([N+](=O)[O-])cc2)CC1. The fourth-order valence-electron chi connectivity index (χ4n) is 3.44. The topological polar surface area (TPSA) is 135 Å². The van der Waals surface area contributed by atoms with Crippen molar-refractivity contribution in [2.24, 2.45) is 0 Å². The lowest BCUT2D eigenvalue weighted by atomic mass is 10.2. The molecule has 1 aliphatic rings. The van der Waals surface area contributed by atoms with E-state index < -0.39 is 20.9 Å². The van der Waals surface area contributed by atoms with E-state index in [1.54, 1.807) is 17.0 Å². The fraction of sp³-hybridized carbons (Fsp3) is 0.368. The minimum Gasteiger partial charge on any atom is -0.465 e. The molecule has 11 nitrogen and oxygen atoms in total. The molecule has 2 heterocycles. The van der Waals surface area contributed by atoms with Crippen LogP contribution in [0, 0.1) is 24.0 Å². The number of aryl methyl sites for hydroxylation is 2. The molecule has 172 valence electrons. The maximum absolute atomic E-state index is 13.3. The van der Waals surface area contributed by atoms with Gasteiger partial charge in [-0.15, -0.1) is 0 Å². The number of piperazine rings is 1. The van der Waals surface area contributed by atoms with Crippen molar-refractivity contribution in [3.8, 4) is 0 Å². The molecule has 1 N–H and O–H groups in total. The zero-order valence-electron chi connectivity index (χ0n) is 17.7. The van der Waals surface area contributed by atoms with Crippen molar-refractivity contribution >= 4 is 44.7 Å². The highest BCUT2D eigenvalue weighted by molar-refractivity contribution is 7.89. The van der Waals surface area contributed by atoms with Crippen molar-refractivity contribution in [1.82, 2.24) is 9.21 Å². The molecule has 1 aromatic carbocycles. The molecule has 0 saturated carbocycles. The van der Waals surface area contributed by atoms with E-state index in [9.17, 15) is 23.3 Å². The van der Waals surface area contributed by atoms with Crippen molar-refractivity contribution in [3.63, 3.8) is 0 Å². The van der Waals surface area contributed by atoms with Gasteiger partial charge >= 0.3 is 5.97 Å². The number of methoxy groups -OCH3 is 1. The smallest absolute Gasteiger partial charge is 0.342 e. The van der Waals surface area contributed by atoms with Gasteiger partial charge in [0.2, 0.25) is 10.0 Å². The Kier molecular flexibility index (Phi) is 6.81. The summed E-state index contributed by atoms with van der Waals surface area (Å²) in [5.41, 5.74) is 0.460. The number of thiocarbonyl (C=S) groups is 1. The van der Waals surface area contributed by atoms with Crippen LogP contribution < -0.4 is 5.32 Å². The zero-order chi connectivity index (χ0) is 23.6. The summed E-state index contributed by atoms with van der Waals surface area (Å²) in [5, 5.41) is 14.1. The first kappa shape index (κ1) is 23.6. The Morgan fingerprint density at radius 2 is 1.75 bits per heavy atom. The molecule has 1 aliphatic heterocycles. The number of nitro groups is 1. The van der Waals surface area contributed by atoms with Gasteiger partial charge in [-0.2, -0.15) is 4.31 Å². The maximum atomic E-state index is 13.3. The Morgan fingerprint density at radius 1 is 1.16 bits per heavy atom. The molecule has 0 atom stereocenters. The summed E-state index contributed by atoms with van der Waals surface area (Å²) in [7, 11) is -2.82. The summed E-state index contributed by atoms with van der Waals surface area (Å²) in [6.07, 6.45) is 0. The number of sulfonamides is 1. The number of rotatable bonds is 5. The Labute approximate surface area is 190 Å². The highest BCUT2D eigenvalue weighted by Crippen LogP contribution is 2.30. The minimum absolute atomic E-state index is 0.0311. The van der Waals surface area contributed by atoms with Crippen LogP contribution in [0.5, 0.6) is 0 Å². The number of nitrogens with zero attached hydrogens (tertiary/aromatic N) is 3. The average Bonchev–Trinajstić information content (AvgIpc) is 3.08. The van der Waals surface area contributed by atoms with Crippen LogP contribution in [0.2, 0.25) is 0 Å². The lowest BCUT2D eigenvalue weighted by Crippen LogP contribution is -2.51. The second-order valence-electron chi connectivity index (χ2n) is 7.04. The number of non-ortho nitro benzene ring substituents is 1. The van der Waals surface area contributed by atoms with E-state index in [0.29, 0.717) is 23.9 Å². The predicted octanol–water partition coefficient (Wildman–Crippen LogP) is 2.29. The van der Waals surface area contributed by atoms with Gasteiger partial charge in [0, 0.05) is 44.0 Å². The largest absolute Gasteiger partial charge is 0.465 e. The van der Waals surface area contributed by atoms with Crippen molar-refractivity contribution in [1.29, 1.82) is 0 Å². The third-order valence-corrected chi connectivity index (χ3v) is 7.46. The molecule has 2 aromatic rings. The second kappa shape index (κ2) is 9.22. The molecular weight excluding hydrogens is 460 g/mol. The first-order valence-corrected chi connectivity index (χ1v) is 11.4. The van der Waals surface area contributed by atoms with Crippen molar-refractivity contribution in [2.45, 2.75) is 18.7 Å². The van der Waals surface area contributed by atoms with Gasteiger partial charge in [-0.1, -0.05) is 0 Å². The van der Waals surface area contributed by atoms with Gasteiger partial charge in [-0.05, 0) is 38.2 Å². The number of nitrogens with one attached hydrogen (secondary N) is 1. The normalized spacial score (nSPS) is 14.8. The van der Waals surface area contributed by atoms with E-state index >= 15 is 0 Å². The lowest BCUT2D eigenvalue weighted by molar-refractivity contribution is -0.384. The number of hydrogen-bond donors (Lipinski definition) is 1. The summed E-state index contributed by atoms with van der Waals surface area (Å²) in [4.78, 5) is 24.0. The summed E-state index contributed by atoms with van der Waals surface area (Å²) in [6, 6.07) is 5.82. The molecule has 1 fully saturated rings. The first-order valence-electron chi connectivity index (χ1n) is 9.55. The van der Waals surface area contributed by atoms with Crippen LogP contribution in [0.15, 0.2) is 33.6 Å². The number of furan rings is 1. The van der Waals surface area contributed by atoms with E-state index in [-0.39, 0.29) is 40.8 Å². The molecule has 1 aromatic heterocycles. The predicted molar refractivity (Wildman–Crippen MR) is 119 cm³/mol. The van der Waals surface area contributed by atoms with Crippen LogP contribution in [-0.4, -0.2) is 66.9 Å². The van der Waals surface area contributed by atoms with E-state index in [1.807, 2.05) is 0 Å². The van der Waals surface area contributed by atoms with Gasteiger partial charge in [0.15, 0.2) is 5.11 Å². The van der Waals surface area contributed by atoms with Crippen molar-refractivity contribution < 1.29 is 27.3 Å². The van der Waals surface area contributed by atoms with Gasteiger partial charge in [-0.3, -0.25) is 10.1 Å². The van der Waals surface area contributed by atoms with Gasteiger partial charge in [0.25, 0.3) is 5.69 Å². The lowest BCUT2D eigenvalue weighted by Gasteiger charge is -2.35. The molecule has 3 rings (SSSR count). The summed E-state index contributed by atoms with van der Waals surface area (Å²) in [6.45, 7) is 3.94. The molecule has 0 unspecified atom stereocenters. The van der Waals surface area contributed by atoms with E-state index in [1.165, 1.54) is 37.4 Å². The van der Waals surface area contributed by atoms with Crippen LogP contribution >= 0.6 is 12.2 Å². The van der Waals surface area contributed by atoms with Gasteiger partial charge < -0.3 is 19.4 Å². The van der Waals surface area contributed by atoms with E-state index in [2.05, 4.69) is 5.32 Å². The van der Waals surface area contributed by atoms with E-state index in [4.69, 9.17) is 21.4 Å². The number of benzene rings is 1. The molecule has 0 amide bonds. The molecule has 0 spiro atoms. The standard InChI is InChI=1S/C19H22N4O7S2/c1-12-16(18(24)29-3)17(13(2)30-12)32(27,28)22-10-8-21(9-11-22)19(31)20-14-4-6-15(7-5-14)23(25)26/h4-7H,8-11H2,1-3H3,(H,20,31). The van der Waals surface area contributed by atoms with Crippen LogP contribution in [0.25, 0.3) is 0 Å². The molecule has 0 bridgehead atoms. The monoisotopic (exact) mass is 482 g/mol. The third kappa shape index (κ3) is 4.59. The average molecular weight is 483 g/mol. The second-order valence-corrected chi connectivity index (χ2v) is 9.30. The van der Waals surface area contributed by atoms with Crippen LogP contribution in [-0.2, 0) is 14.8 Å². The number of carbonyl (C=O) groups excluding carboxylic acids is 1. The molecule has 1 saturated heterocycles. The maximum Gasteiger partial charge on any atom is 0.342 e. The van der Waals surface area contributed by atoms with E-state index in [0.717, 1.165) is 0 Å². The zero-order valence-corrected chi connectivity index (χ0v) is 19.3. The highest BCUT2D eigenvalue weighted by Gasteiger charge is 2.37. The molecule has 0 radical (unpaired) electrons. The first-order chi connectivity index (χ1) is 15.1. The highest BCUT2D eigenvalue weighted by atomic mass is 32.2. The van der Waals surface area contributed by atoms with Crippen LogP contribution in [0.1, 0.15) is 21.9 Å². The van der Waals surface area contributed by atoms with Gasteiger partial charge in [0.1, 0.15) is 22.0 Å². The molecule has 13 heteroatoms. The number of carbonyl (C=O) groups is 1. The summed E-state index contributed by atoms with van der Waals surface area (Å²) in [5.74, 6) is -0.467. The van der Waals surface area contributed by atoms with Gasteiger partial charge in [0.05, 0.1) is 12.0 Å². The molecule has 32 heavy (non-hydrogen) atoms. The van der Waals surface area contributed by atoms with Crippen LogP contribution in [0.3, 0.4) is 0 Å². The summed E-state index contributed by atoms with van der Waals surface area (Å²) < 4.78 is 37.9. The fourth-order valence-corrected chi connectivity index (χ4v) is 5.53. The Morgan fingerprint density at radius 3 is 2.28 bits per heavy atom. The Balaban J connectivity index is 1.69. The Hall–Kier alpha value is -3.03. The quantitative estimate of drug-likeness (QED) is 0.293. The van der Waals surface area contributed by atoms with Crippen LogP contribution in [0.4, 0.5) is 11.4 Å². The number of ether oxygens (including phenoxy) is 1. The third-order valence-electron chi connectivity index (χ3n) is 5.05. The number of anilines is 1. The van der Waals surface area contributed by atoms with Crippen molar-refractivity contribution in [3.05, 3.63) is 51.5 Å². The molecular formula is C19H22N4O7S2. The number of esters is 1. The number of nitro benzene ring substituents is 1. The Bertz CT molecular complexity index is 1150. The molecule has 0 aliphatic carbocycles. The number of hydrogen-bond acceptors (Lipinski definition) is 8.